The summed E-state index contributed by atoms with van der Waals surface area (Å²) in [5.41, 5.74) is 0.126. The van der Waals surface area contributed by atoms with Crippen LogP contribution in [0.4, 0.5) is 14.4 Å². The topological polar surface area (TPSA) is 72.5 Å². The Hall–Kier alpha value is -1.34. The molecule has 0 fully saturated rings. The summed E-state index contributed by atoms with van der Waals surface area (Å²) >= 11 is 5.64. The number of halogens is 2. The van der Waals surface area contributed by atoms with E-state index in [1.807, 2.05) is 0 Å². The minimum atomic E-state index is -4.80. The third-order valence-corrected chi connectivity index (χ3v) is 2.77. The van der Waals surface area contributed by atoms with Crippen LogP contribution in [0.15, 0.2) is 23.1 Å². The summed E-state index contributed by atoms with van der Waals surface area (Å²) in [4.78, 5) is 10.3. The zero-order valence-electron chi connectivity index (χ0n) is 8.03. The molecule has 1 aromatic carbocycles. The maximum atomic E-state index is 12.6. The van der Waals surface area contributed by atoms with Crippen molar-refractivity contribution in [2.45, 2.75) is 4.90 Å². The van der Waals surface area contributed by atoms with Gasteiger partial charge in [-0.1, -0.05) is 11.6 Å². The first kappa shape index (κ1) is 12.7. The number of benzene rings is 1. The molecule has 1 rings (SSSR count). The molecular formula is C8H7ClFNO4S. The van der Waals surface area contributed by atoms with Gasteiger partial charge >= 0.3 is 16.3 Å². The highest BCUT2D eigenvalue weighted by atomic mass is 35.5. The van der Waals surface area contributed by atoms with Crippen molar-refractivity contribution in [2.75, 3.05) is 12.4 Å². The van der Waals surface area contributed by atoms with Gasteiger partial charge in [0.15, 0.2) is 0 Å². The molecule has 0 unspecified atom stereocenters. The zero-order chi connectivity index (χ0) is 12.3. The fourth-order valence-electron chi connectivity index (χ4n) is 0.910. The van der Waals surface area contributed by atoms with E-state index in [9.17, 15) is 17.1 Å². The third-order valence-electron chi connectivity index (χ3n) is 1.64. The molecule has 0 spiro atoms. The summed E-state index contributed by atoms with van der Waals surface area (Å²) in [7, 11) is -3.65. The number of amides is 1. The number of hydrogen-bond donors (Lipinski definition) is 1. The summed E-state index contributed by atoms with van der Waals surface area (Å²) in [6, 6.07) is 3.03. The maximum absolute atomic E-state index is 12.6. The van der Waals surface area contributed by atoms with Gasteiger partial charge in [0.25, 0.3) is 0 Å². The number of ether oxygens (including phenoxy) is 1. The molecule has 88 valence electrons. The molecule has 1 amide bonds. The minimum absolute atomic E-state index is 0.107. The molecule has 0 heterocycles. The number of nitrogens with one attached hydrogen (secondary N) is 1. The largest absolute Gasteiger partial charge is 0.453 e. The summed E-state index contributed by atoms with van der Waals surface area (Å²) < 4.78 is 37.9. The number of rotatable bonds is 2. The normalized spacial score (nSPS) is 10.9. The number of carbonyl (C=O) groups is 1. The van der Waals surface area contributed by atoms with Crippen molar-refractivity contribution in [3.8, 4) is 0 Å². The van der Waals surface area contributed by atoms with E-state index in [2.05, 4.69) is 10.1 Å². The Balaban J connectivity index is 3.06. The van der Waals surface area contributed by atoms with Crippen LogP contribution in [0.25, 0.3) is 0 Å². The van der Waals surface area contributed by atoms with E-state index in [1.165, 1.54) is 0 Å². The Morgan fingerprint density at radius 2 is 2.12 bits per heavy atom. The quantitative estimate of drug-likeness (QED) is 0.834. The molecule has 0 aromatic heterocycles. The number of carbonyl (C=O) groups excluding carboxylic acids is 1. The van der Waals surface area contributed by atoms with Crippen LogP contribution in [0, 0.1) is 0 Å². The van der Waals surface area contributed by atoms with Crippen LogP contribution in [0.2, 0.25) is 5.02 Å². The first-order chi connectivity index (χ1) is 7.34. The van der Waals surface area contributed by atoms with Gasteiger partial charge in [0.05, 0.1) is 17.8 Å². The predicted octanol–water partition coefficient (Wildman–Crippen LogP) is 2.18. The lowest BCUT2D eigenvalue weighted by Gasteiger charge is -2.06. The van der Waals surface area contributed by atoms with Crippen LogP contribution in [0.1, 0.15) is 0 Å². The van der Waals surface area contributed by atoms with Crippen molar-refractivity contribution < 1.29 is 21.8 Å². The van der Waals surface area contributed by atoms with Gasteiger partial charge in [0, 0.05) is 0 Å². The van der Waals surface area contributed by atoms with E-state index in [0.29, 0.717) is 0 Å². The van der Waals surface area contributed by atoms with Gasteiger partial charge in [-0.05, 0) is 18.2 Å². The van der Waals surface area contributed by atoms with Crippen LogP contribution in [-0.2, 0) is 15.0 Å². The molecule has 1 aromatic rings. The van der Waals surface area contributed by atoms with Crippen molar-refractivity contribution in [2.24, 2.45) is 0 Å². The lowest BCUT2D eigenvalue weighted by Crippen LogP contribution is -2.11. The van der Waals surface area contributed by atoms with Gasteiger partial charge < -0.3 is 4.74 Å². The van der Waals surface area contributed by atoms with E-state index in [-0.39, 0.29) is 10.7 Å². The summed E-state index contributed by atoms with van der Waals surface area (Å²) in [5.74, 6) is 0. The predicted molar refractivity (Wildman–Crippen MR) is 55.8 cm³/mol. The number of methoxy groups -OCH3 is 1. The highest BCUT2D eigenvalue weighted by molar-refractivity contribution is 7.86. The standard InChI is InChI=1S/C8H7ClFNO4S/c1-15-8(12)11-7-3-2-5(4-6(7)9)16(10,13)14/h2-4H,1H3,(H,11,12). The Bertz CT molecular complexity index is 517. The highest BCUT2D eigenvalue weighted by Gasteiger charge is 2.14. The maximum Gasteiger partial charge on any atom is 0.411 e. The highest BCUT2D eigenvalue weighted by Crippen LogP contribution is 2.26. The van der Waals surface area contributed by atoms with Gasteiger partial charge in [0.2, 0.25) is 0 Å². The van der Waals surface area contributed by atoms with Crippen molar-refractivity contribution in [1.29, 1.82) is 0 Å². The first-order valence-electron chi connectivity index (χ1n) is 3.94. The molecule has 0 bridgehead atoms. The second-order valence-electron chi connectivity index (χ2n) is 2.70. The lowest BCUT2D eigenvalue weighted by molar-refractivity contribution is 0.187. The SMILES string of the molecule is COC(=O)Nc1ccc(S(=O)(=O)F)cc1Cl. The van der Waals surface area contributed by atoms with Crippen LogP contribution in [0.5, 0.6) is 0 Å². The molecule has 0 atom stereocenters. The average molecular weight is 268 g/mol. The molecule has 5 nitrogen and oxygen atoms in total. The molecular weight excluding hydrogens is 261 g/mol. The van der Waals surface area contributed by atoms with Crippen molar-refractivity contribution >= 4 is 33.6 Å². The van der Waals surface area contributed by atoms with E-state index >= 15 is 0 Å². The molecule has 0 aliphatic rings. The van der Waals surface area contributed by atoms with E-state index < -0.39 is 21.2 Å². The van der Waals surface area contributed by atoms with Gasteiger partial charge in [0.1, 0.15) is 4.90 Å². The fraction of sp³-hybridized carbons (Fsp3) is 0.125. The van der Waals surface area contributed by atoms with Crippen LogP contribution in [-0.4, -0.2) is 21.6 Å². The smallest absolute Gasteiger partial charge is 0.411 e. The Morgan fingerprint density at radius 1 is 1.50 bits per heavy atom. The van der Waals surface area contributed by atoms with Crippen LogP contribution < -0.4 is 5.32 Å². The Labute approximate surface area is 96.4 Å². The van der Waals surface area contributed by atoms with Crippen molar-refractivity contribution in [3.05, 3.63) is 23.2 Å². The number of anilines is 1. The number of hydrogen-bond acceptors (Lipinski definition) is 4. The van der Waals surface area contributed by atoms with E-state index in [4.69, 9.17) is 11.6 Å². The van der Waals surface area contributed by atoms with Crippen molar-refractivity contribution in [3.63, 3.8) is 0 Å². The lowest BCUT2D eigenvalue weighted by atomic mass is 10.3. The zero-order valence-corrected chi connectivity index (χ0v) is 9.60. The van der Waals surface area contributed by atoms with Gasteiger partial charge in [-0.3, -0.25) is 5.32 Å². The van der Waals surface area contributed by atoms with Crippen LogP contribution in [0.3, 0.4) is 0 Å². The second-order valence-corrected chi connectivity index (χ2v) is 4.45. The van der Waals surface area contributed by atoms with Gasteiger partial charge in [-0.25, -0.2) is 4.79 Å². The average Bonchev–Trinajstić information content (AvgIpc) is 2.19. The monoisotopic (exact) mass is 267 g/mol. The van der Waals surface area contributed by atoms with E-state index in [0.717, 1.165) is 25.3 Å². The molecule has 1 N–H and O–H groups in total. The van der Waals surface area contributed by atoms with E-state index in [1.54, 1.807) is 0 Å². The molecule has 0 aliphatic heterocycles. The summed E-state index contributed by atoms with van der Waals surface area (Å²) in [5, 5.41) is 2.12. The third kappa shape index (κ3) is 3.07. The van der Waals surface area contributed by atoms with Crippen LogP contribution >= 0.6 is 11.6 Å². The molecule has 0 saturated heterocycles. The molecule has 0 aliphatic carbocycles. The van der Waals surface area contributed by atoms with Crippen molar-refractivity contribution in [1.82, 2.24) is 0 Å². The summed E-state index contributed by atoms with van der Waals surface area (Å²) in [6.07, 6.45) is -0.766. The molecule has 16 heavy (non-hydrogen) atoms. The Kier molecular flexibility index (Phi) is 3.71. The Morgan fingerprint density at radius 3 is 2.56 bits per heavy atom. The molecule has 0 radical (unpaired) electrons. The van der Waals surface area contributed by atoms with Gasteiger partial charge in [-0.2, -0.15) is 8.42 Å². The molecule has 8 heteroatoms. The summed E-state index contributed by atoms with van der Waals surface area (Å²) in [6.45, 7) is 0. The second kappa shape index (κ2) is 4.67. The fourth-order valence-corrected chi connectivity index (χ4v) is 1.69. The molecule has 0 saturated carbocycles. The van der Waals surface area contributed by atoms with Gasteiger partial charge in [-0.15, -0.1) is 3.89 Å². The minimum Gasteiger partial charge on any atom is -0.453 e. The first-order valence-corrected chi connectivity index (χ1v) is 5.70.